The Kier molecular flexibility index (Phi) is 4.69. The van der Waals surface area contributed by atoms with Gasteiger partial charge in [0.2, 0.25) is 5.91 Å². The summed E-state index contributed by atoms with van der Waals surface area (Å²) in [6, 6.07) is 1.56. The van der Waals surface area contributed by atoms with Crippen molar-refractivity contribution < 1.29 is 19.1 Å². The quantitative estimate of drug-likeness (QED) is 0.723. The van der Waals surface area contributed by atoms with E-state index in [-0.39, 0.29) is 58.1 Å². The lowest BCUT2D eigenvalue weighted by Gasteiger charge is -2.45. The molecule has 144 valence electrons. The summed E-state index contributed by atoms with van der Waals surface area (Å²) in [5, 5.41) is 8.49. The van der Waals surface area contributed by atoms with E-state index in [9.17, 15) is 14.4 Å². The molecule has 1 unspecified atom stereocenters. The van der Waals surface area contributed by atoms with Crippen molar-refractivity contribution in [1.29, 1.82) is 0 Å². The Labute approximate surface area is 161 Å². The van der Waals surface area contributed by atoms with Gasteiger partial charge in [0.25, 0.3) is 11.8 Å². The number of nitrogens with one attached hydrogen (secondary N) is 3. The third-order valence-corrected chi connectivity index (χ3v) is 5.66. The molecule has 1 aromatic rings. The highest BCUT2D eigenvalue weighted by molar-refractivity contribution is 6.35. The van der Waals surface area contributed by atoms with E-state index in [2.05, 4.69) is 20.9 Å². The predicted molar refractivity (Wildman–Crippen MR) is 100 cm³/mol. The third kappa shape index (κ3) is 3.46. The first-order valence-electron chi connectivity index (χ1n) is 9.02. The number of ether oxygens (including phenoxy) is 1. The number of anilines is 2. The van der Waals surface area contributed by atoms with Crippen molar-refractivity contribution >= 4 is 40.7 Å². The van der Waals surface area contributed by atoms with Crippen LogP contribution in [0, 0.1) is 5.92 Å². The Morgan fingerprint density at radius 1 is 1.33 bits per heavy atom. The molecule has 8 nitrogen and oxygen atoms in total. The summed E-state index contributed by atoms with van der Waals surface area (Å²) in [5.74, 6) is -0.313. The highest BCUT2D eigenvalue weighted by Gasteiger charge is 2.36. The maximum absolute atomic E-state index is 13.0. The molecule has 3 amide bonds. The average molecular weight is 393 g/mol. The van der Waals surface area contributed by atoms with Gasteiger partial charge in [-0.15, -0.1) is 0 Å². The van der Waals surface area contributed by atoms with Crippen molar-refractivity contribution in [3.8, 4) is 5.75 Å². The van der Waals surface area contributed by atoms with Crippen molar-refractivity contribution in [3.05, 3.63) is 16.7 Å². The fourth-order valence-electron chi connectivity index (χ4n) is 4.06. The lowest BCUT2D eigenvalue weighted by atomic mass is 9.84. The molecule has 5 rings (SSSR count). The second kappa shape index (κ2) is 7.01. The van der Waals surface area contributed by atoms with E-state index in [1.807, 2.05) is 0 Å². The van der Waals surface area contributed by atoms with Crippen LogP contribution in [-0.4, -0.2) is 54.9 Å². The number of hydrogen-bond donors (Lipinski definition) is 3. The molecule has 0 aromatic heterocycles. The number of rotatable bonds is 3. The molecule has 4 aliphatic rings. The van der Waals surface area contributed by atoms with Gasteiger partial charge in [-0.3, -0.25) is 14.4 Å². The van der Waals surface area contributed by atoms with Crippen LogP contribution in [-0.2, 0) is 9.59 Å². The number of fused-ring (bicyclic) bond motifs is 4. The molecule has 0 aliphatic carbocycles. The van der Waals surface area contributed by atoms with Crippen LogP contribution >= 0.6 is 11.6 Å². The molecule has 27 heavy (non-hydrogen) atoms. The Morgan fingerprint density at radius 2 is 2.07 bits per heavy atom. The minimum Gasteiger partial charge on any atom is -0.481 e. The highest BCUT2D eigenvalue weighted by atomic mass is 35.5. The fourth-order valence-corrected chi connectivity index (χ4v) is 4.31. The molecule has 0 saturated carbocycles. The summed E-state index contributed by atoms with van der Waals surface area (Å²) >= 11 is 6.30. The van der Waals surface area contributed by atoms with Gasteiger partial charge in [-0.2, -0.15) is 0 Å². The largest absolute Gasteiger partial charge is 0.481 e. The molecule has 1 aromatic carbocycles. The zero-order valence-corrected chi connectivity index (χ0v) is 15.7. The minimum absolute atomic E-state index is 0.0858. The molecule has 0 radical (unpaired) electrons. The molecule has 3 fully saturated rings. The normalized spacial score (nSPS) is 25.9. The number of halogens is 1. The van der Waals surface area contributed by atoms with Crippen LogP contribution in [0.15, 0.2) is 6.07 Å². The molecular weight excluding hydrogens is 372 g/mol. The van der Waals surface area contributed by atoms with E-state index in [1.165, 1.54) is 13.0 Å². The Bertz CT molecular complexity index is 820. The number of carbonyl (C=O) groups is 3. The summed E-state index contributed by atoms with van der Waals surface area (Å²) in [6.07, 6.45) is 2.16. The summed E-state index contributed by atoms with van der Waals surface area (Å²) in [7, 11) is 0. The standard InChI is InChI=1S/C18H21ClN4O4/c1-9(24)20-15-12(19)6-11(17-16(15)22-14(25)8-27-17)18(26)21-13-7-23-4-2-10(13)3-5-23/h6,10,13H,2-5,7-8H2,1H3,(H,20,24)(H,21,26)(H,22,25). The zero-order chi connectivity index (χ0) is 19.1. The summed E-state index contributed by atoms with van der Waals surface area (Å²) in [6.45, 7) is 4.14. The van der Waals surface area contributed by atoms with Gasteiger partial charge in [0.15, 0.2) is 12.4 Å². The Balaban J connectivity index is 1.65. The molecule has 4 heterocycles. The average Bonchev–Trinajstić information content (AvgIpc) is 2.64. The molecule has 3 N–H and O–H groups in total. The third-order valence-electron chi connectivity index (χ3n) is 5.36. The van der Waals surface area contributed by atoms with Gasteiger partial charge in [0.05, 0.1) is 16.3 Å². The van der Waals surface area contributed by atoms with Gasteiger partial charge in [-0.05, 0) is 37.9 Å². The van der Waals surface area contributed by atoms with Crippen LogP contribution in [0.25, 0.3) is 0 Å². The zero-order valence-electron chi connectivity index (χ0n) is 14.9. The van der Waals surface area contributed by atoms with Crippen molar-refractivity contribution in [2.45, 2.75) is 25.8 Å². The van der Waals surface area contributed by atoms with Gasteiger partial charge in [-0.1, -0.05) is 11.6 Å². The lowest BCUT2D eigenvalue weighted by molar-refractivity contribution is -0.118. The first-order valence-corrected chi connectivity index (χ1v) is 9.40. The van der Waals surface area contributed by atoms with Gasteiger partial charge in [-0.25, -0.2) is 0 Å². The Hall–Kier alpha value is -2.32. The molecule has 2 bridgehead atoms. The topological polar surface area (TPSA) is 99.8 Å². The number of hydrogen-bond acceptors (Lipinski definition) is 5. The summed E-state index contributed by atoms with van der Waals surface area (Å²) in [5.41, 5.74) is 0.695. The fraction of sp³-hybridized carbons (Fsp3) is 0.500. The van der Waals surface area contributed by atoms with Crippen LogP contribution in [0.3, 0.4) is 0 Å². The minimum atomic E-state index is -0.375. The SMILES string of the molecule is CC(=O)Nc1c(Cl)cc(C(=O)NC2CN3CCC2CC3)c2c1NC(=O)CO2. The molecule has 4 aliphatic heterocycles. The van der Waals surface area contributed by atoms with Gasteiger partial charge >= 0.3 is 0 Å². The van der Waals surface area contributed by atoms with Crippen LogP contribution < -0.4 is 20.7 Å². The van der Waals surface area contributed by atoms with E-state index in [4.69, 9.17) is 16.3 Å². The number of amides is 3. The molecule has 9 heteroatoms. The lowest BCUT2D eigenvalue weighted by Crippen LogP contribution is -2.57. The molecule has 0 spiro atoms. The van der Waals surface area contributed by atoms with E-state index >= 15 is 0 Å². The highest BCUT2D eigenvalue weighted by Crippen LogP contribution is 2.43. The first-order chi connectivity index (χ1) is 12.9. The van der Waals surface area contributed by atoms with E-state index in [1.54, 1.807) is 0 Å². The summed E-state index contributed by atoms with van der Waals surface area (Å²) in [4.78, 5) is 38.6. The van der Waals surface area contributed by atoms with E-state index < -0.39 is 0 Å². The molecular formula is C18H21ClN4O4. The first kappa shape index (κ1) is 18.1. The van der Waals surface area contributed by atoms with Crippen LogP contribution in [0.5, 0.6) is 5.75 Å². The van der Waals surface area contributed by atoms with Crippen LogP contribution in [0.2, 0.25) is 5.02 Å². The second-order valence-electron chi connectivity index (χ2n) is 7.22. The monoisotopic (exact) mass is 392 g/mol. The van der Waals surface area contributed by atoms with Crippen molar-refractivity contribution in [2.75, 3.05) is 36.9 Å². The van der Waals surface area contributed by atoms with E-state index in [0.717, 1.165) is 32.5 Å². The second-order valence-corrected chi connectivity index (χ2v) is 7.63. The summed E-state index contributed by atoms with van der Waals surface area (Å²) < 4.78 is 5.52. The van der Waals surface area contributed by atoms with Gasteiger partial charge in [0, 0.05) is 19.5 Å². The number of piperidine rings is 3. The predicted octanol–water partition coefficient (Wildman–Crippen LogP) is 1.45. The van der Waals surface area contributed by atoms with Crippen molar-refractivity contribution in [1.82, 2.24) is 10.2 Å². The van der Waals surface area contributed by atoms with E-state index in [0.29, 0.717) is 5.92 Å². The van der Waals surface area contributed by atoms with Crippen LogP contribution in [0.4, 0.5) is 11.4 Å². The Morgan fingerprint density at radius 3 is 2.70 bits per heavy atom. The smallest absolute Gasteiger partial charge is 0.262 e. The maximum atomic E-state index is 13.0. The number of nitrogens with zero attached hydrogens (tertiary/aromatic N) is 1. The van der Waals surface area contributed by atoms with Gasteiger partial charge < -0.3 is 25.6 Å². The molecule has 3 saturated heterocycles. The van der Waals surface area contributed by atoms with Gasteiger partial charge in [0.1, 0.15) is 5.69 Å². The maximum Gasteiger partial charge on any atom is 0.262 e. The number of benzene rings is 1. The molecule has 1 atom stereocenters. The number of carbonyl (C=O) groups excluding carboxylic acids is 3. The van der Waals surface area contributed by atoms with Crippen molar-refractivity contribution in [2.24, 2.45) is 5.92 Å². The van der Waals surface area contributed by atoms with Crippen LogP contribution in [0.1, 0.15) is 30.1 Å². The van der Waals surface area contributed by atoms with Crippen molar-refractivity contribution in [3.63, 3.8) is 0 Å².